The highest BCUT2D eigenvalue weighted by atomic mass is 79.9. The minimum Gasteiger partial charge on any atom is -0.404 e. The molecule has 0 spiro atoms. The maximum absolute atomic E-state index is 10.5. The van der Waals surface area contributed by atoms with Crippen molar-refractivity contribution in [2.45, 2.75) is 6.54 Å². The number of nitro groups is 1. The van der Waals surface area contributed by atoms with Gasteiger partial charge in [-0.3, -0.25) is 10.1 Å². The van der Waals surface area contributed by atoms with Gasteiger partial charge in [-0.2, -0.15) is 5.26 Å². The lowest BCUT2D eigenvalue weighted by Crippen LogP contribution is -2.00. The average molecular weight is 322 g/mol. The Bertz CT molecular complexity index is 660. The molecule has 0 saturated carbocycles. The van der Waals surface area contributed by atoms with Crippen LogP contribution in [-0.2, 0) is 6.54 Å². The summed E-state index contributed by atoms with van der Waals surface area (Å²) in [6.07, 6.45) is 0. The molecule has 6 nitrogen and oxygen atoms in total. The maximum atomic E-state index is 10.5. The second-order valence-corrected chi connectivity index (χ2v) is 4.57. The van der Waals surface area contributed by atoms with Crippen LogP contribution in [0.4, 0.5) is 11.6 Å². The molecule has 1 aromatic heterocycles. The van der Waals surface area contributed by atoms with Gasteiger partial charge in [-0.25, -0.2) is 0 Å². The zero-order chi connectivity index (χ0) is 13.8. The largest absolute Gasteiger partial charge is 0.433 e. The molecule has 0 radical (unpaired) electrons. The van der Waals surface area contributed by atoms with E-state index < -0.39 is 4.92 Å². The fraction of sp³-hybridized carbons (Fsp3) is 0.0833. The lowest BCUT2D eigenvalue weighted by Gasteiger charge is -2.06. The van der Waals surface area contributed by atoms with Crippen molar-refractivity contribution < 1.29 is 9.34 Å². The van der Waals surface area contributed by atoms with Crippen molar-refractivity contribution in [3.05, 3.63) is 56.2 Å². The van der Waals surface area contributed by atoms with Gasteiger partial charge < -0.3 is 9.73 Å². The molecule has 2 aromatic rings. The molecule has 0 aliphatic carbocycles. The third-order valence-corrected chi connectivity index (χ3v) is 2.88. The number of nitrogens with one attached hydrogen (secondary N) is 1. The Hall–Kier alpha value is -2.33. The van der Waals surface area contributed by atoms with Crippen LogP contribution in [0.1, 0.15) is 11.3 Å². The molecule has 0 aliphatic rings. The standard InChI is InChI=1S/C12H8BrN3O3/c13-9-2-1-8(6-14)11(5-9)15-7-10-3-4-12(19-10)16(17)18/h1-5,15H,7H2. The first-order chi connectivity index (χ1) is 9.10. The van der Waals surface area contributed by atoms with E-state index in [0.29, 0.717) is 17.0 Å². The van der Waals surface area contributed by atoms with Gasteiger partial charge in [-0.15, -0.1) is 0 Å². The number of furan rings is 1. The average Bonchev–Trinajstić information content (AvgIpc) is 2.85. The fourth-order valence-corrected chi connectivity index (χ4v) is 1.86. The highest BCUT2D eigenvalue weighted by Gasteiger charge is 2.12. The van der Waals surface area contributed by atoms with E-state index in [-0.39, 0.29) is 12.4 Å². The Balaban J connectivity index is 2.12. The third-order valence-electron chi connectivity index (χ3n) is 2.38. The van der Waals surface area contributed by atoms with E-state index in [4.69, 9.17) is 9.68 Å². The summed E-state index contributed by atoms with van der Waals surface area (Å²) in [6, 6.07) is 10.1. The zero-order valence-corrected chi connectivity index (χ0v) is 11.2. The van der Waals surface area contributed by atoms with Crippen LogP contribution < -0.4 is 5.32 Å². The molecule has 0 aliphatic heterocycles. The topological polar surface area (TPSA) is 92.1 Å². The molecule has 1 aromatic carbocycles. The van der Waals surface area contributed by atoms with Crippen molar-refractivity contribution in [2.75, 3.05) is 5.32 Å². The Morgan fingerprint density at radius 3 is 2.84 bits per heavy atom. The highest BCUT2D eigenvalue weighted by Crippen LogP contribution is 2.22. The molecule has 0 atom stereocenters. The summed E-state index contributed by atoms with van der Waals surface area (Å²) in [6.45, 7) is 0.263. The minimum absolute atomic E-state index is 0.263. The number of benzene rings is 1. The van der Waals surface area contributed by atoms with E-state index in [9.17, 15) is 10.1 Å². The molecule has 0 amide bonds. The second kappa shape index (κ2) is 5.54. The molecule has 0 saturated heterocycles. The Kier molecular flexibility index (Phi) is 3.82. The van der Waals surface area contributed by atoms with E-state index in [2.05, 4.69) is 27.3 Å². The van der Waals surface area contributed by atoms with E-state index in [1.165, 1.54) is 12.1 Å². The third kappa shape index (κ3) is 3.11. The molecule has 96 valence electrons. The summed E-state index contributed by atoms with van der Waals surface area (Å²) in [5.41, 5.74) is 1.13. The maximum Gasteiger partial charge on any atom is 0.433 e. The van der Waals surface area contributed by atoms with Gasteiger partial charge in [-0.05, 0) is 24.3 Å². The molecular weight excluding hydrogens is 314 g/mol. The lowest BCUT2D eigenvalue weighted by molar-refractivity contribution is -0.402. The molecule has 19 heavy (non-hydrogen) atoms. The van der Waals surface area contributed by atoms with Crippen LogP contribution in [0, 0.1) is 21.4 Å². The number of rotatable bonds is 4. The number of hydrogen-bond donors (Lipinski definition) is 1. The van der Waals surface area contributed by atoms with Crippen LogP contribution in [0.3, 0.4) is 0 Å². The number of nitrogens with zero attached hydrogens (tertiary/aromatic N) is 2. The van der Waals surface area contributed by atoms with Crippen molar-refractivity contribution >= 4 is 27.5 Å². The Morgan fingerprint density at radius 2 is 2.21 bits per heavy atom. The SMILES string of the molecule is N#Cc1ccc(Br)cc1NCc1ccc([N+](=O)[O-])o1. The smallest absolute Gasteiger partial charge is 0.404 e. The van der Waals surface area contributed by atoms with Crippen molar-refractivity contribution in [2.24, 2.45) is 0 Å². The first kappa shape index (κ1) is 13.1. The summed E-state index contributed by atoms with van der Waals surface area (Å²) in [4.78, 5) is 9.88. The molecule has 0 unspecified atom stereocenters. The van der Waals surface area contributed by atoms with Crippen molar-refractivity contribution in [1.82, 2.24) is 0 Å². The van der Waals surface area contributed by atoms with Gasteiger partial charge in [0, 0.05) is 4.47 Å². The highest BCUT2D eigenvalue weighted by molar-refractivity contribution is 9.10. The Morgan fingerprint density at radius 1 is 1.42 bits per heavy atom. The van der Waals surface area contributed by atoms with Crippen molar-refractivity contribution in [1.29, 1.82) is 5.26 Å². The first-order valence-electron chi connectivity index (χ1n) is 5.27. The molecule has 7 heteroatoms. The summed E-state index contributed by atoms with van der Waals surface area (Å²) < 4.78 is 5.85. The normalized spacial score (nSPS) is 9.89. The molecule has 1 heterocycles. The van der Waals surface area contributed by atoms with Crippen molar-refractivity contribution in [3.63, 3.8) is 0 Å². The zero-order valence-electron chi connectivity index (χ0n) is 9.59. The van der Waals surface area contributed by atoms with Crippen LogP contribution in [0.5, 0.6) is 0 Å². The predicted molar refractivity (Wildman–Crippen MR) is 71.5 cm³/mol. The van der Waals surface area contributed by atoms with Gasteiger partial charge >= 0.3 is 5.88 Å². The van der Waals surface area contributed by atoms with Gasteiger partial charge in [0.15, 0.2) is 0 Å². The minimum atomic E-state index is -0.594. The summed E-state index contributed by atoms with van der Waals surface area (Å²) in [5, 5.41) is 22.4. The number of nitriles is 1. The first-order valence-corrected chi connectivity index (χ1v) is 6.06. The van der Waals surface area contributed by atoms with Crippen LogP contribution in [0.2, 0.25) is 0 Å². The van der Waals surface area contributed by atoms with Gasteiger partial charge in [-0.1, -0.05) is 15.9 Å². The summed E-state index contributed by atoms with van der Waals surface area (Å²) >= 11 is 3.31. The van der Waals surface area contributed by atoms with Crippen molar-refractivity contribution in [3.8, 4) is 6.07 Å². The van der Waals surface area contributed by atoms with E-state index in [0.717, 1.165) is 4.47 Å². The van der Waals surface area contributed by atoms with Crippen LogP contribution in [-0.4, -0.2) is 4.92 Å². The number of anilines is 1. The molecule has 0 bridgehead atoms. The van der Waals surface area contributed by atoms with Gasteiger partial charge in [0.2, 0.25) is 0 Å². The molecule has 1 N–H and O–H groups in total. The van der Waals surface area contributed by atoms with Crippen LogP contribution in [0.25, 0.3) is 0 Å². The summed E-state index contributed by atoms with van der Waals surface area (Å²) in [7, 11) is 0. The van der Waals surface area contributed by atoms with E-state index in [1.807, 2.05) is 0 Å². The quantitative estimate of drug-likeness (QED) is 0.687. The fourth-order valence-electron chi connectivity index (χ4n) is 1.50. The molecule has 2 rings (SSSR count). The second-order valence-electron chi connectivity index (χ2n) is 3.65. The van der Waals surface area contributed by atoms with Gasteiger partial charge in [0.25, 0.3) is 0 Å². The lowest BCUT2D eigenvalue weighted by atomic mass is 10.2. The predicted octanol–water partition coefficient (Wildman–Crippen LogP) is 3.43. The monoisotopic (exact) mass is 321 g/mol. The molecule has 0 fully saturated rings. The van der Waals surface area contributed by atoms with Crippen LogP contribution in [0.15, 0.2) is 39.2 Å². The Labute approximate surface area is 116 Å². The van der Waals surface area contributed by atoms with Crippen LogP contribution >= 0.6 is 15.9 Å². The summed E-state index contributed by atoms with van der Waals surface area (Å²) in [5.74, 6) is 0.127. The molecular formula is C12H8BrN3O3. The van der Waals surface area contributed by atoms with Gasteiger partial charge in [0.05, 0.1) is 23.9 Å². The number of hydrogen-bond acceptors (Lipinski definition) is 5. The van der Waals surface area contributed by atoms with E-state index in [1.54, 1.807) is 18.2 Å². The number of halogens is 1. The van der Waals surface area contributed by atoms with Gasteiger partial charge in [0.1, 0.15) is 16.8 Å². The van der Waals surface area contributed by atoms with E-state index >= 15 is 0 Å².